The van der Waals surface area contributed by atoms with Gasteiger partial charge in [0.1, 0.15) is 11.8 Å². The Morgan fingerprint density at radius 1 is 1.00 bits per heavy atom. The SMILES string of the molecule is Cc1cc(C)c(-n2cnc3cnccc32)cc1C. The van der Waals surface area contributed by atoms with Crippen LogP contribution in [0.2, 0.25) is 0 Å². The smallest absolute Gasteiger partial charge is 0.107 e. The summed E-state index contributed by atoms with van der Waals surface area (Å²) in [5.41, 5.74) is 7.08. The van der Waals surface area contributed by atoms with E-state index in [0.29, 0.717) is 0 Å². The fourth-order valence-corrected chi connectivity index (χ4v) is 2.26. The second kappa shape index (κ2) is 3.95. The van der Waals surface area contributed by atoms with Crippen molar-refractivity contribution >= 4 is 11.0 Å². The van der Waals surface area contributed by atoms with Crippen LogP contribution in [0.15, 0.2) is 36.9 Å². The van der Waals surface area contributed by atoms with E-state index >= 15 is 0 Å². The van der Waals surface area contributed by atoms with E-state index in [-0.39, 0.29) is 0 Å². The quantitative estimate of drug-likeness (QED) is 0.650. The molecule has 3 rings (SSSR count). The van der Waals surface area contributed by atoms with Crippen molar-refractivity contribution in [2.24, 2.45) is 0 Å². The first kappa shape index (κ1) is 11.0. The molecule has 3 aromatic rings. The molecule has 0 bridgehead atoms. The van der Waals surface area contributed by atoms with Gasteiger partial charge in [-0.3, -0.25) is 9.55 Å². The van der Waals surface area contributed by atoms with Crippen molar-refractivity contribution in [2.75, 3.05) is 0 Å². The highest BCUT2D eigenvalue weighted by atomic mass is 15.1. The van der Waals surface area contributed by atoms with Crippen LogP contribution in [0.1, 0.15) is 16.7 Å². The Bertz CT molecular complexity index is 726. The number of hydrogen-bond donors (Lipinski definition) is 0. The molecule has 0 N–H and O–H groups in total. The third-order valence-corrected chi connectivity index (χ3v) is 3.42. The van der Waals surface area contributed by atoms with Gasteiger partial charge in [-0.1, -0.05) is 6.07 Å². The van der Waals surface area contributed by atoms with Crippen LogP contribution in [-0.2, 0) is 0 Å². The molecular weight excluding hydrogens is 222 g/mol. The highest BCUT2D eigenvalue weighted by Gasteiger charge is 2.08. The minimum Gasteiger partial charge on any atom is -0.298 e. The van der Waals surface area contributed by atoms with Gasteiger partial charge in [0, 0.05) is 6.20 Å². The van der Waals surface area contributed by atoms with Gasteiger partial charge in [0.2, 0.25) is 0 Å². The van der Waals surface area contributed by atoms with Gasteiger partial charge in [-0.05, 0) is 49.6 Å². The standard InChI is InChI=1S/C15H15N3/c1-10-6-12(3)15(7-11(10)2)18-9-17-13-8-16-5-4-14(13)18/h4-9H,1-3H3. The summed E-state index contributed by atoms with van der Waals surface area (Å²) >= 11 is 0. The Morgan fingerprint density at radius 3 is 2.61 bits per heavy atom. The second-order valence-electron chi connectivity index (χ2n) is 4.70. The average molecular weight is 237 g/mol. The largest absolute Gasteiger partial charge is 0.298 e. The van der Waals surface area contributed by atoms with Crippen molar-refractivity contribution in [3.05, 3.63) is 53.6 Å². The maximum atomic E-state index is 4.39. The number of pyridine rings is 1. The molecule has 0 saturated carbocycles. The van der Waals surface area contributed by atoms with E-state index in [4.69, 9.17) is 0 Å². The summed E-state index contributed by atoms with van der Waals surface area (Å²) in [4.78, 5) is 8.49. The van der Waals surface area contributed by atoms with Crippen molar-refractivity contribution in [3.63, 3.8) is 0 Å². The Balaban J connectivity index is 2.29. The van der Waals surface area contributed by atoms with Gasteiger partial charge in [0.25, 0.3) is 0 Å². The van der Waals surface area contributed by atoms with Crippen LogP contribution in [0.25, 0.3) is 16.7 Å². The van der Waals surface area contributed by atoms with E-state index in [0.717, 1.165) is 11.0 Å². The third kappa shape index (κ3) is 1.59. The number of hydrogen-bond acceptors (Lipinski definition) is 2. The minimum absolute atomic E-state index is 0.926. The number of fused-ring (bicyclic) bond motifs is 1. The van der Waals surface area contributed by atoms with Crippen molar-refractivity contribution in [2.45, 2.75) is 20.8 Å². The number of aromatic nitrogens is 3. The number of aryl methyl sites for hydroxylation is 3. The number of nitrogens with zero attached hydrogens (tertiary/aromatic N) is 3. The molecule has 0 amide bonds. The van der Waals surface area contributed by atoms with Crippen LogP contribution < -0.4 is 0 Å². The maximum absolute atomic E-state index is 4.39. The van der Waals surface area contributed by atoms with Gasteiger partial charge < -0.3 is 0 Å². The van der Waals surface area contributed by atoms with E-state index in [2.05, 4.69) is 47.4 Å². The van der Waals surface area contributed by atoms with E-state index in [9.17, 15) is 0 Å². The third-order valence-electron chi connectivity index (χ3n) is 3.42. The fourth-order valence-electron chi connectivity index (χ4n) is 2.26. The fraction of sp³-hybridized carbons (Fsp3) is 0.200. The summed E-state index contributed by atoms with van der Waals surface area (Å²) in [5.74, 6) is 0. The molecule has 0 aliphatic rings. The lowest BCUT2D eigenvalue weighted by atomic mass is 10.0. The summed E-state index contributed by atoms with van der Waals surface area (Å²) in [6.07, 6.45) is 5.46. The Hall–Kier alpha value is -2.16. The van der Waals surface area contributed by atoms with Crippen LogP contribution in [0, 0.1) is 20.8 Å². The van der Waals surface area contributed by atoms with Gasteiger partial charge in [0.05, 0.1) is 17.4 Å². The number of imidazole rings is 1. The monoisotopic (exact) mass is 237 g/mol. The molecule has 3 nitrogen and oxygen atoms in total. The highest BCUT2D eigenvalue weighted by molar-refractivity contribution is 5.76. The Labute approximate surface area is 106 Å². The molecule has 0 aliphatic carbocycles. The Kier molecular flexibility index (Phi) is 2.40. The summed E-state index contributed by atoms with van der Waals surface area (Å²) < 4.78 is 2.12. The van der Waals surface area contributed by atoms with Gasteiger partial charge in [-0.25, -0.2) is 4.98 Å². The molecule has 3 heteroatoms. The van der Waals surface area contributed by atoms with E-state index in [1.165, 1.54) is 22.4 Å². The zero-order valence-electron chi connectivity index (χ0n) is 10.8. The molecule has 0 atom stereocenters. The van der Waals surface area contributed by atoms with Gasteiger partial charge in [-0.2, -0.15) is 0 Å². The molecule has 0 unspecified atom stereocenters. The lowest BCUT2D eigenvalue weighted by Gasteiger charge is -2.11. The molecule has 0 spiro atoms. The van der Waals surface area contributed by atoms with E-state index < -0.39 is 0 Å². The van der Waals surface area contributed by atoms with Crippen LogP contribution in [-0.4, -0.2) is 14.5 Å². The lowest BCUT2D eigenvalue weighted by Crippen LogP contribution is -1.97. The molecular formula is C15H15N3. The van der Waals surface area contributed by atoms with Crippen molar-refractivity contribution in [1.82, 2.24) is 14.5 Å². The van der Waals surface area contributed by atoms with Crippen molar-refractivity contribution in [1.29, 1.82) is 0 Å². The second-order valence-corrected chi connectivity index (χ2v) is 4.70. The summed E-state index contributed by atoms with van der Waals surface area (Å²) in [6, 6.07) is 6.43. The molecule has 2 heterocycles. The number of rotatable bonds is 1. The summed E-state index contributed by atoms with van der Waals surface area (Å²) in [7, 11) is 0. The minimum atomic E-state index is 0.926. The summed E-state index contributed by atoms with van der Waals surface area (Å²) in [5, 5.41) is 0. The molecule has 18 heavy (non-hydrogen) atoms. The van der Waals surface area contributed by atoms with Crippen LogP contribution in [0.5, 0.6) is 0 Å². The molecule has 0 aliphatic heterocycles. The summed E-state index contributed by atoms with van der Waals surface area (Å²) in [6.45, 7) is 6.41. The molecule has 0 fully saturated rings. The van der Waals surface area contributed by atoms with Crippen molar-refractivity contribution in [3.8, 4) is 5.69 Å². The predicted octanol–water partition coefficient (Wildman–Crippen LogP) is 3.35. The van der Waals surface area contributed by atoms with Gasteiger partial charge in [-0.15, -0.1) is 0 Å². The lowest BCUT2D eigenvalue weighted by molar-refractivity contribution is 1.06. The van der Waals surface area contributed by atoms with Gasteiger partial charge >= 0.3 is 0 Å². The van der Waals surface area contributed by atoms with Crippen LogP contribution >= 0.6 is 0 Å². The molecule has 90 valence electrons. The first-order valence-corrected chi connectivity index (χ1v) is 6.02. The maximum Gasteiger partial charge on any atom is 0.107 e. The van der Waals surface area contributed by atoms with Gasteiger partial charge in [0.15, 0.2) is 0 Å². The molecule has 1 aromatic carbocycles. The zero-order chi connectivity index (χ0) is 12.7. The van der Waals surface area contributed by atoms with Crippen LogP contribution in [0.3, 0.4) is 0 Å². The highest BCUT2D eigenvalue weighted by Crippen LogP contribution is 2.23. The molecule has 2 aromatic heterocycles. The predicted molar refractivity (Wildman–Crippen MR) is 73.1 cm³/mol. The number of benzene rings is 1. The molecule has 0 saturated heterocycles. The van der Waals surface area contributed by atoms with E-state index in [1.54, 1.807) is 12.4 Å². The normalized spacial score (nSPS) is 11.1. The van der Waals surface area contributed by atoms with E-state index in [1.807, 2.05) is 12.4 Å². The topological polar surface area (TPSA) is 30.7 Å². The first-order chi connectivity index (χ1) is 8.66. The average Bonchev–Trinajstić information content (AvgIpc) is 2.78. The first-order valence-electron chi connectivity index (χ1n) is 6.02. The zero-order valence-corrected chi connectivity index (χ0v) is 10.8. The molecule has 0 radical (unpaired) electrons. The Morgan fingerprint density at radius 2 is 1.78 bits per heavy atom. The van der Waals surface area contributed by atoms with Crippen LogP contribution in [0.4, 0.5) is 0 Å². The van der Waals surface area contributed by atoms with Crippen molar-refractivity contribution < 1.29 is 0 Å².